The van der Waals surface area contributed by atoms with Gasteiger partial charge in [-0.25, -0.2) is 4.48 Å². The van der Waals surface area contributed by atoms with Crippen LogP contribution in [0.15, 0.2) is 30.3 Å². The summed E-state index contributed by atoms with van der Waals surface area (Å²) in [5, 5.41) is 9.01. The number of rotatable bonds is 2. The minimum Gasteiger partial charge on any atom is -0.208 e. The monoisotopic (exact) mass is 173 g/mol. The number of hydrogen-bond acceptors (Lipinski definition) is 1. The molecule has 1 aromatic rings. The third kappa shape index (κ3) is 1.32. The van der Waals surface area contributed by atoms with Crippen LogP contribution >= 0.6 is 0 Å². The molecule has 0 saturated carbocycles. The molecule has 0 spiro atoms. The second kappa shape index (κ2) is 2.86. The van der Waals surface area contributed by atoms with E-state index in [1.165, 1.54) is 5.56 Å². The first-order chi connectivity index (χ1) is 6.28. The van der Waals surface area contributed by atoms with Crippen molar-refractivity contribution >= 4 is 0 Å². The van der Waals surface area contributed by atoms with Crippen LogP contribution in [0.1, 0.15) is 18.5 Å². The van der Waals surface area contributed by atoms with Crippen LogP contribution in [-0.2, 0) is 0 Å². The normalized spacial score (nSPS) is 20.3. The van der Waals surface area contributed by atoms with Crippen molar-refractivity contribution in [1.29, 1.82) is 5.26 Å². The van der Waals surface area contributed by atoms with Crippen molar-refractivity contribution in [2.24, 2.45) is 0 Å². The van der Waals surface area contributed by atoms with E-state index in [-0.39, 0.29) is 0 Å². The van der Waals surface area contributed by atoms with Crippen LogP contribution in [0, 0.1) is 11.5 Å². The molecule has 1 unspecified atom stereocenters. The second-order valence-corrected chi connectivity index (χ2v) is 3.67. The van der Waals surface area contributed by atoms with Crippen molar-refractivity contribution in [3.63, 3.8) is 0 Å². The Kier molecular flexibility index (Phi) is 1.82. The van der Waals surface area contributed by atoms with E-state index in [1.807, 2.05) is 18.2 Å². The fraction of sp³-hybridized carbons (Fsp3) is 0.364. The molecule has 0 N–H and O–H groups in total. The van der Waals surface area contributed by atoms with Crippen LogP contribution in [0.25, 0.3) is 0 Å². The summed E-state index contributed by atoms with van der Waals surface area (Å²) >= 11 is 0. The van der Waals surface area contributed by atoms with Crippen molar-refractivity contribution in [3.8, 4) is 6.19 Å². The lowest BCUT2D eigenvalue weighted by Crippen LogP contribution is -2.23. The fourth-order valence-electron chi connectivity index (χ4n) is 1.70. The third-order valence-electron chi connectivity index (χ3n) is 2.93. The van der Waals surface area contributed by atoms with Gasteiger partial charge in [0.25, 0.3) is 0 Å². The Balaban J connectivity index is 2.24. The summed E-state index contributed by atoms with van der Waals surface area (Å²) in [6.45, 7) is 4.14. The van der Waals surface area contributed by atoms with Gasteiger partial charge in [0.05, 0.1) is 0 Å². The van der Waals surface area contributed by atoms with E-state index in [0.29, 0.717) is 10.5 Å². The Morgan fingerprint density at radius 3 is 2.38 bits per heavy atom. The quantitative estimate of drug-likeness (QED) is 0.381. The molecule has 1 saturated heterocycles. The van der Waals surface area contributed by atoms with Crippen LogP contribution in [0.2, 0.25) is 0 Å². The lowest BCUT2D eigenvalue weighted by molar-refractivity contribution is -0.762. The lowest BCUT2D eigenvalue weighted by atomic mass is 10.1. The Hall–Kier alpha value is -1.33. The fourth-order valence-corrected chi connectivity index (χ4v) is 1.70. The second-order valence-electron chi connectivity index (χ2n) is 3.67. The zero-order valence-corrected chi connectivity index (χ0v) is 7.77. The van der Waals surface area contributed by atoms with Gasteiger partial charge in [-0.05, 0) is 6.92 Å². The van der Waals surface area contributed by atoms with Crippen LogP contribution in [0.3, 0.4) is 0 Å². The highest BCUT2D eigenvalue weighted by atomic mass is 15.5. The molecule has 1 atom stereocenters. The first-order valence-electron chi connectivity index (χ1n) is 4.61. The van der Waals surface area contributed by atoms with E-state index in [1.54, 1.807) is 0 Å². The molecule has 0 radical (unpaired) electrons. The molecular formula is C11H13N2+. The largest absolute Gasteiger partial charge is 0.309 e. The maximum absolute atomic E-state index is 9.01. The molecular weight excluding hydrogens is 160 g/mol. The lowest BCUT2D eigenvalue weighted by Gasteiger charge is -2.16. The van der Waals surface area contributed by atoms with Crippen LogP contribution in [0.4, 0.5) is 0 Å². The number of nitriles is 1. The molecule has 13 heavy (non-hydrogen) atoms. The molecule has 1 aliphatic heterocycles. The van der Waals surface area contributed by atoms with E-state index >= 15 is 0 Å². The summed E-state index contributed by atoms with van der Waals surface area (Å²) in [5.41, 5.74) is 1.27. The average Bonchev–Trinajstić information content (AvgIpc) is 2.99. The maximum atomic E-state index is 9.01. The molecule has 2 rings (SSSR count). The molecule has 1 aliphatic rings. The van der Waals surface area contributed by atoms with Gasteiger partial charge in [0.1, 0.15) is 19.1 Å². The van der Waals surface area contributed by atoms with Gasteiger partial charge in [0.15, 0.2) is 0 Å². The molecule has 2 heteroatoms. The summed E-state index contributed by atoms with van der Waals surface area (Å²) in [7, 11) is 0. The van der Waals surface area contributed by atoms with Crippen molar-refractivity contribution in [2.45, 2.75) is 13.0 Å². The summed E-state index contributed by atoms with van der Waals surface area (Å²) < 4.78 is 0.601. The molecule has 1 fully saturated rings. The van der Waals surface area contributed by atoms with Crippen LogP contribution in [0.5, 0.6) is 0 Å². The summed E-state index contributed by atoms with van der Waals surface area (Å²) in [6, 6.07) is 10.6. The van der Waals surface area contributed by atoms with Crippen molar-refractivity contribution in [3.05, 3.63) is 35.9 Å². The smallest absolute Gasteiger partial charge is 0.208 e. The molecule has 66 valence electrons. The van der Waals surface area contributed by atoms with Gasteiger partial charge in [0.2, 0.25) is 0 Å². The zero-order chi connectivity index (χ0) is 9.31. The Bertz CT molecular complexity index is 333. The van der Waals surface area contributed by atoms with Crippen molar-refractivity contribution < 1.29 is 4.48 Å². The first-order valence-corrected chi connectivity index (χ1v) is 4.61. The SMILES string of the molecule is CC(c1ccccc1)[N+]1(C#N)CC1. The highest BCUT2D eigenvalue weighted by molar-refractivity contribution is 5.17. The topological polar surface area (TPSA) is 23.8 Å². The minimum absolute atomic E-state index is 0.325. The summed E-state index contributed by atoms with van der Waals surface area (Å²) in [4.78, 5) is 0. The Labute approximate surface area is 78.6 Å². The summed E-state index contributed by atoms with van der Waals surface area (Å²) in [6.07, 6.45) is 2.39. The highest BCUT2D eigenvalue weighted by Gasteiger charge is 2.49. The number of nitrogens with zero attached hydrogens (tertiary/aromatic N) is 2. The van der Waals surface area contributed by atoms with Crippen molar-refractivity contribution in [2.75, 3.05) is 13.1 Å². The van der Waals surface area contributed by atoms with Gasteiger partial charge >= 0.3 is 6.19 Å². The maximum Gasteiger partial charge on any atom is 0.309 e. The summed E-state index contributed by atoms with van der Waals surface area (Å²) in [5.74, 6) is 0. The molecule has 0 amide bonds. The van der Waals surface area contributed by atoms with Crippen molar-refractivity contribution in [1.82, 2.24) is 0 Å². The Morgan fingerprint density at radius 2 is 1.92 bits per heavy atom. The molecule has 1 aromatic carbocycles. The van der Waals surface area contributed by atoms with E-state index in [4.69, 9.17) is 5.26 Å². The average molecular weight is 173 g/mol. The van der Waals surface area contributed by atoms with Gasteiger partial charge in [-0.1, -0.05) is 30.3 Å². The third-order valence-corrected chi connectivity index (χ3v) is 2.93. The molecule has 0 aliphatic carbocycles. The van der Waals surface area contributed by atoms with Crippen LogP contribution < -0.4 is 0 Å². The standard InChI is InChI=1S/C11H13N2/c1-10(13(9-12)7-8-13)11-5-3-2-4-6-11/h2-6,10H,7-8H2,1H3/q+1. The predicted octanol–water partition coefficient (Wildman–Crippen LogP) is 2.06. The molecule has 2 nitrogen and oxygen atoms in total. The Morgan fingerprint density at radius 1 is 1.31 bits per heavy atom. The number of quaternary nitrogens is 1. The van der Waals surface area contributed by atoms with Gasteiger partial charge in [-0.15, -0.1) is 5.26 Å². The first kappa shape index (κ1) is 8.28. The molecule has 0 bridgehead atoms. The van der Waals surface area contributed by atoms with Gasteiger partial charge in [-0.2, -0.15) is 0 Å². The van der Waals surface area contributed by atoms with Gasteiger partial charge in [0, 0.05) is 5.56 Å². The van der Waals surface area contributed by atoms with E-state index in [0.717, 1.165) is 13.1 Å². The minimum atomic E-state index is 0.325. The van der Waals surface area contributed by atoms with E-state index < -0.39 is 0 Å². The van der Waals surface area contributed by atoms with E-state index in [9.17, 15) is 0 Å². The molecule has 0 aromatic heterocycles. The van der Waals surface area contributed by atoms with Gasteiger partial charge < -0.3 is 0 Å². The van der Waals surface area contributed by atoms with Crippen LogP contribution in [-0.4, -0.2) is 17.6 Å². The number of benzene rings is 1. The number of hydrogen-bond donors (Lipinski definition) is 0. The van der Waals surface area contributed by atoms with E-state index in [2.05, 4.69) is 25.2 Å². The zero-order valence-electron chi connectivity index (χ0n) is 7.77. The van der Waals surface area contributed by atoms with Gasteiger partial charge in [-0.3, -0.25) is 0 Å². The predicted molar refractivity (Wildman–Crippen MR) is 50.5 cm³/mol. The highest BCUT2D eigenvalue weighted by Crippen LogP contribution is 2.35. The molecule has 1 heterocycles.